The van der Waals surface area contributed by atoms with Crippen molar-refractivity contribution >= 4 is 11.0 Å². The Bertz CT molecular complexity index is 663. The number of aromatic nitrogens is 2. The second-order valence-electron chi connectivity index (χ2n) is 6.44. The van der Waals surface area contributed by atoms with Gasteiger partial charge in [0.05, 0.1) is 23.7 Å². The highest BCUT2D eigenvalue weighted by atomic mass is 19.1. The number of nitrogens with one attached hydrogen (secondary N) is 1. The predicted octanol–water partition coefficient (Wildman–Crippen LogP) is 3.17. The Kier molecular flexibility index (Phi) is 3.84. The Balaban J connectivity index is 1.56. The summed E-state index contributed by atoms with van der Waals surface area (Å²) in [5.74, 6) is 0.669. The smallest absolute Gasteiger partial charge is 0.136 e. The summed E-state index contributed by atoms with van der Waals surface area (Å²) in [5.41, 5.74) is 1.73. The summed E-state index contributed by atoms with van der Waals surface area (Å²) >= 11 is 0. The van der Waals surface area contributed by atoms with Crippen LogP contribution < -0.4 is 5.32 Å². The average Bonchev–Trinajstić information content (AvgIpc) is 2.91. The highest BCUT2D eigenvalue weighted by molar-refractivity contribution is 5.76. The number of rotatable bonds is 3. The second-order valence-corrected chi connectivity index (χ2v) is 6.44. The predicted molar refractivity (Wildman–Crippen MR) is 83.3 cm³/mol. The van der Waals surface area contributed by atoms with E-state index in [-0.39, 0.29) is 11.9 Å². The van der Waals surface area contributed by atoms with Gasteiger partial charge in [-0.2, -0.15) is 0 Å². The molecule has 118 valence electrons. The number of hydrogen-bond donors (Lipinski definition) is 1. The highest BCUT2D eigenvalue weighted by Crippen LogP contribution is 2.26. The largest absolute Gasteiger partial charge is 0.371 e. The summed E-state index contributed by atoms with van der Waals surface area (Å²) < 4.78 is 21.3. The van der Waals surface area contributed by atoms with Crippen molar-refractivity contribution < 1.29 is 9.13 Å². The first-order chi connectivity index (χ1) is 10.8. The molecule has 1 aliphatic carbocycles. The molecule has 1 atom stereocenters. The third-order valence-corrected chi connectivity index (χ3v) is 4.88. The van der Waals surface area contributed by atoms with E-state index in [0.717, 1.165) is 23.4 Å². The van der Waals surface area contributed by atoms with Crippen molar-refractivity contribution in [2.45, 2.75) is 50.8 Å². The molecule has 1 aromatic carbocycles. The molecule has 0 spiro atoms. The Morgan fingerprint density at radius 2 is 2.14 bits per heavy atom. The first kappa shape index (κ1) is 14.2. The van der Waals surface area contributed by atoms with Gasteiger partial charge in [0.25, 0.3) is 0 Å². The van der Waals surface area contributed by atoms with Crippen molar-refractivity contribution in [3.05, 3.63) is 29.8 Å². The van der Waals surface area contributed by atoms with Crippen LogP contribution in [0.1, 0.15) is 44.0 Å². The topological polar surface area (TPSA) is 39.1 Å². The van der Waals surface area contributed by atoms with Crippen LogP contribution in [0.3, 0.4) is 0 Å². The molecular weight excluding hydrogens is 281 g/mol. The van der Waals surface area contributed by atoms with Crippen LogP contribution in [0.5, 0.6) is 0 Å². The number of imidazole rings is 1. The Hall–Kier alpha value is -1.46. The number of hydrogen-bond acceptors (Lipinski definition) is 3. The lowest BCUT2D eigenvalue weighted by molar-refractivity contribution is 0.0551. The number of halogens is 1. The van der Waals surface area contributed by atoms with E-state index in [2.05, 4.69) is 14.9 Å². The monoisotopic (exact) mass is 303 g/mol. The van der Waals surface area contributed by atoms with Gasteiger partial charge in [-0.1, -0.05) is 19.3 Å². The zero-order valence-corrected chi connectivity index (χ0v) is 12.7. The Labute approximate surface area is 129 Å². The van der Waals surface area contributed by atoms with E-state index in [0.29, 0.717) is 19.3 Å². The zero-order chi connectivity index (χ0) is 14.9. The van der Waals surface area contributed by atoms with Gasteiger partial charge in [-0.25, -0.2) is 9.37 Å². The fourth-order valence-electron chi connectivity index (χ4n) is 3.75. The molecule has 2 aromatic rings. The average molecular weight is 303 g/mol. The van der Waals surface area contributed by atoms with E-state index in [1.807, 2.05) is 6.07 Å². The molecule has 4 nitrogen and oxygen atoms in total. The molecule has 0 saturated heterocycles. The maximum Gasteiger partial charge on any atom is 0.136 e. The summed E-state index contributed by atoms with van der Waals surface area (Å²) in [5, 5.41) is 3.70. The van der Waals surface area contributed by atoms with Gasteiger partial charge in [-0.05, 0) is 25.0 Å². The fraction of sp³-hybridized carbons (Fsp3) is 0.588. The van der Waals surface area contributed by atoms with Crippen molar-refractivity contribution in [2.24, 2.45) is 0 Å². The SMILES string of the molecule is Fc1ccc2c(c1)nc1n2C(CNC2CCCCC2)COC1. The number of fused-ring (bicyclic) bond motifs is 3. The van der Waals surface area contributed by atoms with E-state index in [4.69, 9.17) is 4.74 Å². The summed E-state index contributed by atoms with van der Waals surface area (Å²) in [6, 6.07) is 5.72. The molecule has 1 fully saturated rings. The lowest BCUT2D eigenvalue weighted by Gasteiger charge is -2.30. The maximum atomic E-state index is 13.4. The van der Waals surface area contributed by atoms with Gasteiger partial charge >= 0.3 is 0 Å². The Morgan fingerprint density at radius 1 is 1.27 bits per heavy atom. The molecule has 1 aliphatic heterocycles. The quantitative estimate of drug-likeness (QED) is 0.946. The second kappa shape index (κ2) is 5.97. The first-order valence-electron chi connectivity index (χ1n) is 8.29. The van der Waals surface area contributed by atoms with Gasteiger partial charge in [-0.3, -0.25) is 0 Å². The lowest BCUT2D eigenvalue weighted by Crippen LogP contribution is -2.38. The van der Waals surface area contributed by atoms with Crippen LogP contribution in [0.15, 0.2) is 18.2 Å². The normalized spacial score (nSPS) is 22.9. The van der Waals surface area contributed by atoms with Crippen LogP contribution in [0.4, 0.5) is 4.39 Å². The molecule has 5 heteroatoms. The van der Waals surface area contributed by atoms with Gasteiger partial charge in [0.1, 0.15) is 18.2 Å². The summed E-state index contributed by atoms with van der Waals surface area (Å²) in [6.45, 7) is 2.09. The van der Waals surface area contributed by atoms with Gasteiger partial charge in [0.2, 0.25) is 0 Å². The van der Waals surface area contributed by atoms with Crippen LogP contribution in [-0.2, 0) is 11.3 Å². The molecule has 4 rings (SSSR count). The summed E-state index contributed by atoms with van der Waals surface area (Å²) in [4.78, 5) is 4.53. The maximum absolute atomic E-state index is 13.4. The molecule has 2 heterocycles. The van der Waals surface area contributed by atoms with Gasteiger partial charge in [-0.15, -0.1) is 0 Å². The molecule has 1 N–H and O–H groups in total. The summed E-state index contributed by atoms with van der Waals surface area (Å²) in [7, 11) is 0. The number of nitrogens with zero attached hydrogens (tertiary/aromatic N) is 2. The zero-order valence-electron chi connectivity index (χ0n) is 12.7. The van der Waals surface area contributed by atoms with Gasteiger partial charge in [0, 0.05) is 18.7 Å². The first-order valence-corrected chi connectivity index (χ1v) is 8.29. The van der Waals surface area contributed by atoms with Crippen LogP contribution >= 0.6 is 0 Å². The minimum Gasteiger partial charge on any atom is -0.371 e. The molecule has 22 heavy (non-hydrogen) atoms. The van der Waals surface area contributed by atoms with Gasteiger partial charge < -0.3 is 14.6 Å². The van der Waals surface area contributed by atoms with E-state index in [9.17, 15) is 4.39 Å². The third kappa shape index (κ3) is 2.63. The fourth-order valence-corrected chi connectivity index (χ4v) is 3.75. The van der Waals surface area contributed by atoms with Crippen LogP contribution in [0.25, 0.3) is 11.0 Å². The molecule has 1 aromatic heterocycles. The lowest BCUT2D eigenvalue weighted by atomic mass is 9.95. The van der Waals surface area contributed by atoms with Crippen LogP contribution in [0, 0.1) is 5.82 Å². The molecule has 0 radical (unpaired) electrons. The summed E-state index contributed by atoms with van der Waals surface area (Å²) in [6.07, 6.45) is 6.58. The van der Waals surface area contributed by atoms with Crippen molar-refractivity contribution in [2.75, 3.05) is 13.2 Å². The van der Waals surface area contributed by atoms with E-state index >= 15 is 0 Å². The van der Waals surface area contributed by atoms with Crippen LogP contribution in [0.2, 0.25) is 0 Å². The molecule has 0 bridgehead atoms. The van der Waals surface area contributed by atoms with E-state index in [1.54, 1.807) is 0 Å². The molecule has 0 amide bonds. The van der Waals surface area contributed by atoms with Crippen molar-refractivity contribution in [3.8, 4) is 0 Å². The molecule has 1 saturated carbocycles. The van der Waals surface area contributed by atoms with Crippen molar-refractivity contribution in [1.82, 2.24) is 14.9 Å². The minimum absolute atomic E-state index is 0.235. The van der Waals surface area contributed by atoms with Crippen molar-refractivity contribution in [3.63, 3.8) is 0 Å². The number of benzene rings is 1. The van der Waals surface area contributed by atoms with E-state index in [1.165, 1.54) is 44.2 Å². The number of ether oxygens (including phenoxy) is 1. The minimum atomic E-state index is -0.235. The van der Waals surface area contributed by atoms with Crippen LogP contribution in [-0.4, -0.2) is 28.7 Å². The molecular formula is C17H22FN3O. The van der Waals surface area contributed by atoms with Gasteiger partial charge in [0.15, 0.2) is 0 Å². The molecule has 1 unspecified atom stereocenters. The van der Waals surface area contributed by atoms with E-state index < -0.39 is 0 Å². The highest BCUT2D eigenvalue weighted by Gasteiger charge is 2.25. The standard InChI is InChI=1S/C17H22FN3O/c18-12-6-7-16-15(8-12)20-17-11-22-10-14(21(16)17)9-19-13-4-2-1-3-5-13/h6-8,13-14,19H,1-5,9-11H2. The molecule has 2 aliphatic rings. The third-order valence-electron chi connectivity index (χ3n) is 4.88. The Morgan fingerprint density at radius 3 is 3.00 bits per heavy atom. The van der Waals surface area contributed by atoms with Crippen molar-refractivity contribution in [1.29, 1.82) is 0 Å².